The molecule has 0 aromatic heterocycles. The highest BCUT2D eigenvalue weighted by Crippen LogP contribution is 2.31. The smallest absolute Gasteiger partial charge is 0.223 e. The van der Waals surface area contributed by atoms with Gasteiger partial charge in [-0.2, -0.15) is 0 Å². The maximum Gasteiger partial charge on any atom is 0.223 e. The van der Waals surface area contributed by atoms with Crippen LogP contribution >= 0.6 is 0 Å². The number of carbonyl (C=O) groups is 2. The molecule has 0 heterocycles. The van der Waals surface area contributed by atoms with E-state index in [1.807, 2.05) is 0 Å². The second-order valence-corrected chi connectivity index (χ2v) is 5.34. The molecule has 3 nitrogen and oxygen atoms in total. The summed E-state index contributed by atoms with van der Waals surface area (Å²) in [5.74, 6) is 1.33. The average molecular weight is 223 g/mol. The van der Waals surface area contributed by atoms with Crippen molar-refractivity contribution < 1.29 is 9.59 Å². The Hall–Kier alpha value is -0.860. The minimum atomic E-state index is 0.220. The third kappa shape index (κ3) is 2.63. The molecular formula is C13H21NO2. The molecule has 2 unspecified atom stereocenters. The van der Waals surface area contributed by atoms with Crippen molar-refractivity contribution in [2.75, 3.05) is 0 Å². The Morgan fingerprint density at radius 2 is 1.88 bits per heavy atom. The van der Waals surface area contributed by atoms with Crippen molar-refractivity contribution in [3.05, 3.63) is 0 Å². The topological polar surface area (TPSA) is 46.2 Å². The quantitative estimate of drug-likeness (QED) is 0.778. The molecule has 0 aromatic rings. The first-order valence-corrected chi connectivity index (χ1v) is 6.49. The van der Waals surface area contributed by atoms with E-state index >= 15 is 0 Å². The van der Waals surface area contributed by atoms with Gasteiger partial charge < -0.3 is 5.32 Å². The molecule has 2 atom stereocenters. The van der Waals surface area contributed by atoms with Gasteiger partial charge in [-0.25, -0.2) is 0 Å². The van der Waals surface area contributed by atoms with E-state index in [0.717, 1.165) is 19.3 Å². The van der Waals surface area contributed by atoms with E-state index in [2.05, 4.69) is 12.2 Å². The number of amides is 1. The highest BCUT2D eigenvalue weighted by Gasteiger charge is 2.31. The number of hydrogen-bond donors (Lipinski definition) is 1. The van der Waals surface area contributed by atoms with E-state index < -0.39 is 0 Å². The van der Waals surface area contributed by atoms with E-state index in [4.69, 9.17) is 0 Å². The van der Waals surface area contributed by atoms with Crippen molar-refractivity contribution in [3.63, 3.8) is 0 Å². The minimum absolute atomic E-state index is 0.220. The lowest BCUT2D eigenvalue weighted by atomic mass is 9.92. The van der Waals surface area contributed by atoms with Crippen molar-refractivity contribution in [2.45, 2.75) is 57.9 Å². The molecule has 90 valence electrons. The van der Waals surface area contributed by atoms with Gasteiger partial charge in [0.15, 0.2) is 0 Å². The molecule has 0 saturated heterocycles. The Bertz CT molecular complexity index is 278. The van der Waals surface area contributed by atoms with Crippen LogP contribution in [0.1, 0.15) is 51.9 Å². The predicted octanol–water partition coefficient (Wildman–Crippen LogP) is 2.05. The Morgan fingerprint density at radius 3 is 2.44 bits per heavy atom. The van der Waals surface area contributed by atoms with Gasteiger partial charge in [-0.05, 0) is 31.6 Å². The van der Waals surface area contributed by atoms with Gasteiger partial charge >= 0.3 is 0 Å². The fourth-order valence-corrected chi connectivity index (χ4v) is 2.93. The molecule has 1 N–H and O–H groups in total. The number of carbonyl (C=O) groups excluding carboxylic acids is 2. The molecule has 2 fully saturated rings. The van der Waals surface area contributed by atoms with Crippen LogP contribution in [0, 0.1) is 11.8 Å². The number of Topliss-reactive ketones (excluding diaryl/α,β-unsaturated/α-hetero) is 1. The Balaban J connectivity index is 1.80. The van der Waals surface area contributed by atoms with Crippen LogP contribution in [-0.4, -0.2) is 17.7 Å². The lowest BCUT2D eigenvalue weighted by Crippen LogP contribution is -2.41. The van der Waals surface area contributed by atoms with Crippen LogP contribution < -0.4 is 5.32 Å². The normalized spacial score (nSPS) is 31.7. The molecule has 16 heavy (non-hydrogen) atoms. The second-order valence-electron chi connectivity index (χ2n) is 5.34. The van der Waals surface area contributed by atoms with Crippen molar-refractivity contribution in [1.82, 2.24) is 5.32 Å². The third-order valence-electron chi connectivity index (χ3n) is 4.09. The fraction of sp³-hybridized carbons (Fsp3) is 0.846. The van der Waals surface area contributed by atoms with Crippen molar-refractivity contribution in [2.24, 2.45) is 11.8 Å². The Labute approximate surface area is 97.0 Å². The zero-order valence-corrected chi connectivity index (χ0v) is 10.00. The number of nitrogens with one attached hydrogen (secondary N) is 1. The summed E-state index contributed by atoms with van der Waals surface area (Å²) in [4.78, 5) is 23.1. The molecule has 3 heteroatoms. The van der Waals surface area contributed by atoms with E-state index in [-0.39, 0.29) is 17.9 Å². The Kier molecular flexibility index (Phi) is 3.62. The summed E-state index contributed by atoms with van der Waals surface area (Å²) in [5, 5.41) is 3.12. The number of ketones is 1. The molecule has 2 aliphatic rings. The monoisotopic (exact) mass is 223 g/mol. The van der Waals surface area contributed by atoms with Crippen molar-refractivity contribution in [3.8, 4) is 0 Å². The van der Waals surface area contributed by atoms with Gasteiger partial charge in [-0.15, -0.1) is 0 Å². The molecule has 0 spiro atoms. The summed E-state index contributed by atoms with van der Waals surface area (Å²) in [6.07, 6.45) is 6.37. The van der Waals surface area contributed by atoms with Gasteiger partial charge in [-0.1, -0.05) is 13.3 Å². The lowest BCUT2D eigenvalue weighted by Gasteiger charge is -2.25. The van der Waals surface area contributed by atoms with Crippen molar-refractivity contribution in [1.29, 1.82) is 0 Å². The summed E-state index contributed by atoms with van der Waals surface area (Å²) in [6, 6.07) is 0.248. The maximum absolute atomic E-state index is 12.0. The van der Waals surface area contributed by atoms with Crippen LogP contribution in [0.3, 0.4) is 0 Å². The number of rotatable bonds is 2. The highest BCUT2D eigenvalue weighted by molar-refractivity contribution is 5.81. The van der Waals surface area contributed by atoms with Gasteiger partial charge in [0.2, 0.25) is 5.91 Å². The Morgan fingerprint density at radius 1 is 1.19 bits per heavy atom. The largest absolute Gasteiger partial charge is 0.353 e. The number of hydrogen-bond acceptors (Lipinski definition) is 2. The maximum atomic E-state index is 12.0. The SMILES string of the molecule is CC1CCCC1C(=O)NC1CCC(=O)CC1. The fourth-order valence-electron chi connectivity index (χ4n) is 2.93. The molecule has 2 rings (SSSR count). The summed E-state index contributed by atoms with van der Waals surface area (Å²) >= 11 is 0. The van der Waals surface area contributed by atoms with Crippen LogP contribution in [0.2, 0.25) is 0 Å². The van der Waals surface area contributed by atoms with E-state index in [1.165, 1.54) is 12.8 Å². The summed E-state index contributed by atoms with van der Waals surface area (Å²) in [6.45, 7) is 2.17. The average Bonchev–Trinajstić information content (AvgIpc) is 2.68. The molecular weight excluding hydrogens is 202 g/mol. The zero-order valence-electron chi connectivity index (χ0n) is 10.00. The lowest BCUT2D eigenvalue weighted by molar-refractivity contribution is -0.128. The predicted molar refractivity (Wildman–Crippen MR) is 61.9 cm³/mol. The first-order valence-electron chi connectivity index (χ1n) is 6.49. The first kappa shape index (κ1) is 11.6. The van der Waals surface area contributed by atoms with Crippen LogP contribution in [0.4, 0.5) is 0 Å². The standard InChI is InChI=1S/C13H21NO2/c1-9-3-2-4-12(9)13(16)14-10-5-7-11(15)8-6-10/h9-10,12H,2-8H2,1H3,(H,14,16). The zero-order chi connectivity index (χ0) is 11.5. The highest BCUT2D eigenvalue weighted by atomic mass is 16.2. The minimum Gasteiger partial charge on any atom is -0.353 e. The molecule has 2 saturated carbocycles. The van der Waals surface area contributed by atoms with E-state index in [0.29, 0.717) is 24.5 Å². The molecule has 1 amide bonds. The third-order valence-corrected chi connectivity index (χ3v) is 4.09. The molecule has 0 bridgehead atoms. The molecule has 0 aliphatic heterocycles. The van der Waals surface area contributed by atoms with Crippen molar-refractivity contribution >= 4 is 11.7 Å². The first-order chi connectivity index (χ1) is 7.66. The molecule has 2 aliphatic carbocycles. The van der Waals surface area contributed by atoms with Gasteiger partial charge in [-0.3, -0.25) is 9.59 Å². The van der Waals surface area contributed by atoms with Crippen LogP contribution in [0.5, 0.6) is 0 Å². The van der Waals surface area contributed by atoms with Crippen LogP contribution in [-0.2, 0) is 9.59 Å². The summed E-state index contributed by atoms with van der Waals surface area (Å²) in [7, 11) is 0. The van der Waals surface area contributed by atoms with Gasteiger partial charge in [0.05, 0.1) is 0 Å². The van der Waals surface area contributed by atoms with Gasteiger partial charge in [0.1, 0.15) is 5.78 Å². The van der Waals surface area contributed by atoms with E-state index in [9.17, 15) is 9.59 Å². The molecule has 0 aromatic carbocycles. The van der Waals surface area contributed by atoms with Gasteiger partial charge in [0, 0.05) is 24.8 Å². The second kappa shape index (κ2) is 4.98. The van der Waals surface area contributed by atoms with E-state index in [1.54, 1.807) is 0 Å². The summed E-state index contributed by atoms with van der Waals surface area (Å²) in [5.41, 5.74) is 0. The van der Waals surface area contributed by atoms with Crippen LogP contribution in [0.15, 0.2) is 0 Å². The van der Waals surface area contributed by atoms with Crippen LogP contribution in [0.25, 0.3) is 0 Å². The summed E-state index contributed by atoms with van der Waals surface area (Å²) < 4.78 is 0. The van der Waals surface area contributed by atoms with Gasteiger partial charge in [0.25, 0.3) is 0 Å². The molecule has 0 radical (unpaired) electrons.